The van der Waals surface area contributed by atoms with Gasteiger partial charge in [-0.15, -0.1) is 0 Å². The zero-order valence-corrected chi connectivity index (χ0v) is 11.3. The molecule has 0 bridgehead atoms. The van der Waals surface area contributed by atoms with Crippen LogP contribution >= 0.6 is 0 Å². The predicted molar refractivity (Wildman–Crippen MR) is 79.7 cm³/mol. The third-order valence-corrected chi connectivity index (χ3v) is 2.89. The zero-order valence-electron chi connectivity index (χ0n) is 11.3. The molecule has 22 heavy (non-hydrogen) atoms. The molecule has 0 fully saturated rings. The molecule has 0 aliphatic carbocycles. The van der Waals surface area contributed by atoms with Crippen molar-refractivity contribution in [3.05, 3.63) is 60.6 Å². The highest BCUT2D eigenvalue weighted by Gasteiger charge is 2.05. The summed E-state index contributed by atoms with van der Waals surface area (Å²) in [6.07, 6.45) is 4.84. The van der Waals surface area contributed by atoms with Gasteiger partial charge in [0, 0.05) is 29.8 Å². The summed E-state index contributed by atoms with van der Waals surface area (Å²) in [4.78, 5) is 19.3. The number of aromatic carboxylic acids is 1. The Morgan fingerprint density at radius 2 is 1.91 bits per heavy atom. The number of carboxylic acid groups (broad SMARTS) is 1. The Hall–Kier alpha value is -3.35. The molecular formula is C15H11N5O2. The second kappa shape index (κ2) is 5.96. The maximum atomic E-state index is 10.9. The fraction of sp³-hybridized carbons (Fsp3) is 0. The summed E-state index contributed by atoms with van der Waals surface area (Å²) in [7, 11) is 0. The minimum atomic E-state index is -0.984. The molecule has 0 saturated heterocycles. The number of aromatic nitrogens is 4. The van der Waals surface area contributed by atoms with Crippen LogP contribution in [0.25, 0.3) is 11.3 Å². The number of nitrogens with one attached hydrogen (secondary N) is 1. The van der Waals surface area contributed by atoms with E-state index in [9.17, 15) is 4.79 Å². The molecular weight excluding hydrogens is 282 g/mol. The predicted octanol–water partition coefficient (Wildman–Crippen LogP) is 2.38. The molecule has 2 heterocycles. The van der Waals surface area contributed by atoms with Crippen LogP contribution in [-0.2, 0) is 0 Å². The molecule has 0 atom stereocenters. The third kappa shape index (κ3) is 3.04. The number of benzene rings is 1. The summed E-state index contributed by atoms with van der Waals surface area (Å²) in [6, 6.07) is 10.0. The Morgan fingerprint density at radius 1 is 1.09 bits per heavy atom. The van der Waals surface area contributed by atoms with E-state index in [1.54, 1.807) is 36.8 Å². The van der Waals surface area contributed by atoms with Gasteiger partial charge in [0.25, 0.3) is 0 Å². The lowest BCUT2D eigenvalue weighted by atomic mass is 10.2. The van der Waals surface area contributed by atoms with E-state index in [-0.39, 0.29) is 5.56 Å². The van der Waals surface area contributed by atoms with Crippen LogP contribution < -0.4 is 5.32 Å². The van der Waals surface area contributed by atoms with E-state index < -0.39 is 5.97 Å². The highest BCUT2D eigenvalue weighted by Crippen LogP contribution is 2.17. The zero-order chi connectivity index (χ0) is 15.4. The van der Waals surface area contributed by atoms with Crippen LogP contribution in [0.5, 0.6) is 0 Å². The van der Waals surface area contributed by atoms with Gasteiger partial charge in [0.05, 0.1) is 11.3 Å². The van der Waals surface area contributed by atoms with Crippen molar-refractivity contribution in [1.82, 2.24) is 20.2 Å². The summed E-state index contributed by atoms with van der Waals surface area (Å²) in [5.41, 5.74) is 2.23. The third-order valence-electron chi connectivity index (χ3n) is 2.89. The summed E-state index contributed by atoms with van der Waals surface area (Å²) >= 11 is 0. The Bertz CT molecular complexity index is 791. The average Bonchev–Trinajstić information content (AvgIpc) is 2.56. The molecule has 3 rings (SSSR count). The van der Waals surface area contributed by atoms with Crippen LogP contribution in [-0.4, -0.2) is 31.2 Å². The van der Waals surface area contributed by atoms with Crippen LogP contribution in [0.2, 0.25) is 0 Å². The molecule has 7 heteroatoms. The first kappa shape index (κ1) is 13.6. The van der Waals surface area contributed by atoms with Gasteiger partial charge in [-0.2, -0.15) is 10.2 Å². The number of carbonyl (C=O) groups is 1. The topological polar surface area (TPSA) is 101 Å². The number of anilines is 2. The standard InChI is InChI=1S/C15H11N5O2/c21-14(22)10-3-1-4-12(7-10)19-15-16-8-11(9-17-15)13-5-2-6-18-20-13/h1-9H,(H,21,22)(H,16,17,19). The number of nitrogens with zero attached hydrogens (tertiary/aromatic N) is 4. The van der Waals surface area contributed by atoms with Gasteiger partial charge in [-0.3, -0.25) is 0 Å². The lowest BCUT2D eigenvalue weighted by Crippen LogP contribution is -2.00. The van der Waals surface area contributed by atoms with E-state index in [0.717, 1.165) is 5.56 Å². The average molecular weight is 293 g/mol. The van der Waals surface area contributed by atoms with Gasteiger partial charge in [0.15, 0.2) is 0 Å². The maximum absolute atomic E-state index is 10.9. The molecule has 108 valence electrons. The van der Waals surface area contributed by atoms with Crippen molar-refractivity contribution in [3.63, 3.8) is 0 Å². The monoisotopic (exact) mass is 293 g/mol. The van der Waals surface area contributed by atoms with Crippen molar-refractivity contribution in [1.29, 1.82) is 0 Å². The SMILES string of the molecule is O=C(O)c1cccc(Nc2ncc(-c3cccnn3)cn2)c1. The lowest BCUT2D eigenvalue weighted by molar-refractivity contribution is 0.0697. The molecule has 3 aromatic rings. The van der Waals surface area contributed by atoms with Crippen LogP contribution in [0.3, 0.4) is 0 Å². The second-order valence-corrected chi connectivity index (χ2v) is 4.42. The molecule has 0 amide bonds. The number of carboxylic acids is 1. The molecule has 0 spiro atoms. The smallest absolute Gasteiger partial charge is 0.335 e. The Labute approximate surface area is 125 Å². The van der Waals surface area contributed by atoms with E-state index in [1.807, 2.05) is 6.07 Å². The highest BCUT2D eigenvalue weighted by molar-refractivity contribution is 5.89. The molecule has 7 nitrogen and oxygen atoms in total. The molecule has 0 aliphatic rings. The van der Waals surface area contributed by atoms with E-state index >= 15 is 0 Å². The van der Waals surface area contributed by atoms with E-state index in [0.29, 0.717) is 17.3 Å². The highest BCUT2D eigenvalue weighted by atomic mass is 16.4. The van der Waals surface area contributed by atoms with Gasteiger partial charge in [0.1, 0.15) is 0 Å². The number of hydrogen-bond acceptors (Lipinski definition) is 6. The molecule has 0 saturated carbocycles. The Kier molecular flexibility index (Phi) is 3.69. The molecule has 2 N–H and O–H groups in total. The fourth-order valence-electron chi connectivity index (χ4n) is 1.84. The quantitative estimate of drug-likeness (QED) is 0.761. The van der Waals surface area contributed by atoms with Crippen molar-refractivity contribution in [2.45, 2.75) is 0 Å². The van der Waals surface area contributed by atoms with Crippen LogP contribution in [0.15, 0.2) is 55.0 Å². The summed E-state index contributed by atoms with van der Waals surface area (Å²) in [6.45, 7) is 0. The van der Waals surface area contributed by atoms with Gasteiger partial charge < -0.3 is 10.4 Å². The van der Waals surface area contributed by atoms with Crippen LogP contribution in [0.4, 0.5) is 11.6 Å². The van der Waals surface area contributed by atoms with Crippen molar-refractivity contribution in [2.24, 2.45) is 0 Å². The minimum Gasteiger partial charge on any atom is -0.478 e. The van der Waals surface area contributed by atoms with Crippen molar-refractivity contribution >= 4 is 17.6 Å². The van der Waals surface area contributed by atoms with Gasteiger partial charge >= 0.3 is 5.97 Å². The normalized spacial score (nSPS) is 10.2. The van der Waals surface area contributed by atoms with Crippen molar-refractivity contribution in [2.75, 3.05) is 5.32 Å². The first-order valence-corrected chi connectivity index (χ1v) is 6.43. The van der Waals surface area contributed by atoms with E-state index in [4.69, 9.17) is 5.11 Å². The lowest BCUT2D eigenvalue weighted by Gasteiger charge is -2.06. The largest absolute Gasteiger partial charge is 0.478 e. The molecule has 0 unspecified atom stereocenters. The van der Waals surface area contributed by atoms with Crippen molar-refractivity contribution < 1.29 is 9.90 Å². The Morgan fingerprint density at radius 3 is 2.59 bits per heavy atom. The van der Waals surface area contributed by atoms with Gasteiger partial charge in [-0.25, -0.2) is 14.8 Å². The van der Waals surface area contributed by atoms with Crippen LogP contribution in [0.1, 0.15) is 10.4 Å². The van der Waals surface area contributed by atoms with E-state index in [1.165, 1.54) is 12.1 Å². The molecule has 1 aromatic carbocycles. The first-order chi connectivity index (χ1) is 10.7. The van der Waals surface area contributed by atoms with Gasteiger partial charge in [-0.1, -0.05) is 6.07 Å². The summed E-state index contributed by atoms with van der Waals surface area (Å²) in [5, 5.41) is 19.7. The fourth-order valence-corrected chi connectivity index (χ4v) is 1.84. The summed E-state index contributed by atoms with van der Waals surface area (Å²) in [5.74, 6) is -0.613. The van der Waals surface area contributed by atoms with Crippen LogP contribution in [0, 0.1) is 0 Å². The van der Waals surface area contributed by atoms with E-state index in [2.05, 4.69) is 25.5 Å². The number of rotatable bonds is 4. The maximum Gasteiger partial charge on any atom is 0.335 e. The molecule has 2 aromatic heterocycles. The van der Waals surface area contributed by atoms with Crippen molar-refractivity contribution in [3.8, 4) is 11.3 Å². The van der Waals surface area contributed by atoms with Gasteiger partial charge in [-0.05, 0) is 30.3 Å². The molecule has 0 aliphatic heterocycles. The van der Waals surface area contributed by atoms with Gasteiger partial charge in [0.2, 0.25) is 5.95 Å². The molecule has 0 radical (unpaired) electrons. The summed E-state index contributed by atoms with van der Waals surface area (Å²) < 4.78 is 0. The minimum absolute atomic E-state index is 0.196. The number of hydrogen-bond donors (Lipinski definition) is 2. The Balaban J connectivity index is 1.79. The second-order valence-electron chi connectivity index (χ2n) is 4.42. The first-order valence-electron chi connectivity index (χ1n) is 6.43.